The fraction of sp³-hybridized carbons (Fsp3) is 0.0625. The molecule has 8 heteroatoms. The van der Waals surface area contributed by atoms with Crippen molar-refractivity contribution in [1.82, 2.24) is 14.6 Å². The van der Waals surface area contributed by atoms with Crippen molar-refractivity contribution in [2.24, 2.45) is 0 Å². The Morgan fingerprint density at radius 1 is 1.17 bits per heavy atom. The first kappa shape index (κ1) is 15.4. The molecule has 0 aliphatic carbocycles. The zero-order chi connectivity index (χ0) is 16.5. The minimum absolute atomic E-state index is 0.135. The summed E-state index contributed by atoms with van der Waals surface area (Å²) in [7, 11) is 0. The third-order valence-electron chi connectivity index (χ3n) is 3.39. The molecule has 0 spiro atoms. The van der Waals surface area contributed by atoms with Gasteiger partial charge in [0.15, 0.2) is 5.16 Å². The maximum absolute atomic E-state index is 12.2. The smallest absolute Gasteiger partial charge is 0.234 e. The van der Waals surface area contributed by atoms with Crippen molar-refractivity contribution < 1.29 is 4.79 Å². The molecule has 1 amide bonds. The molecule has 0 aliphatic rings. The monoisotopic (exact) mass is 374 g/mol. The molecule has 2 aromatic heterocycles. The van der Waals surface area contributed by atoms with Crippen LogP contribution in [0.4, 0.5) is 5.69 Å². The first-order chi connectivity index (χ1) is 11.7. The number of para-hydroxylation sites is 2. The number of aromatic nitrogens is 3. The van der Waals surface area contributed by atoms with Crippen molar-refractivity contribution in [3.63, 3.8) is 0 Å². The number of anilines is 1. The number of rotatable bonds is 4. The predicted molar refractivity (Wildman–Crippen MR) is 99.2 cm³/mol. The van der Waals surface area contributed by atoms with E-state index >= 15 is 0 Å². The number of thiazole rings is 1. The van der Waals surface area contributed by atoms with Gasteiger partial charge in [0.05, 0.1) is 26.7 Å². The van der Waals surface area contributed by atoms with Gasteiger partial charge in [0.25, 0.3) is 0 Å². The minimum atomic E-state index is -0.135. The van der Waals surface area contributed by atoms with Gasteiger partial charge in [-0.3, -0.25) is 9.20 Å². The predicted octanol–water partition coefficient (Wildman–Crippen LogP) is 4.33. The summed E-state index contributed by atoms with van der Waals surface area (Å²) >= 11 is 8.98. The van der Waals surface area contributed by atoms with Crippen LogP contribution in [0.1, 0.15) is 0 Å². The van der Waals surface area contributed by atoms with E-state index in [4.69, 9.17) is 11.6 Å². The molecule has 4 aromatic rings. The number of carbonyl (C=O) groups is 1. The standard InChI is InChI=1S/C16H11ClN4OS2/c17-10-5-1-2-6-11(10)18-14(22)9-23-15-19-20-16-21(15)12-7-3-4-8-13(12)24-16/h1-8H,9H2,(H,18,22). The normalized spacial score (nSPS) is 11.2. The van der Waals surface area contributed by atoms with E-state index in [0.717, 1.165) is 15.2 Å². The van der Waals surface area contributed by atoms with Crippen LogP contribution in [-0.2, 0) is 4.79 Å². The Balaban J connectivity index is 1.53. The Hall–Kier alpha value is -2.09. The van der Waals surface area contributed by atoms with Gasteiger partial charge in [0, 0.05) is 0 Å². The highest BCUT2D eigenvalue weighted by Crippen LogP contribution is 2.29. The summed E-state index contributed by atoms with van der Waals surface area (Å²) in [5.74, 6) is 0.0975. The van der Waals surface area contributed by atoms with Gasteiger partial charge in [-0.05, 0) is 24.3 Å². The molecule has 0 saturated carbocycles. The number of thioether (sulfide) groups is 1. The highest BCUT2D eigenvalue weighted by atomic mass is 35.5. The highest BCUT2D eigenvalue weighted by molar-refractivity contribution is 7.99. The van der Waals surface area contributed by atoms with E-state index in [2.05, 4.69) is 15.5 Å². The van der Waals surface area contributed by atoms with Gasteiger partial charge in [-0.1, -0.05) is 59.0 Å². The van der Waals surface area contributed by atoms with Crippen LogP contribution in [0.5, 0.6) is 0 Å². The van der Waals surface area contributed by atoms with Crippen LogP contribution in [0.25, 0.3) is 15.2 Å². The summed E-state index contributed by atoms with van der Waals surface area (Å²) < 4.78 is 3.12. The van der Waals surface area contributed by atoms with Gasteiger partial charge in [0.2, 0.25) is 10.9 Å². The van der Waals surface area contributed by atoms with Crippen molar-refractivity contribution >= 4 is 61.5 Å². The summed E-state index contributed by atoms with van der Waals surface area (Å²) in [5, 5.41) is 12.4. The molecule has 0 aliphatic heterocycles. The van der Waals surface area contributed by atoms with Crippen LogP contribution in [0.15, 0.2) is 53.7 Å². The lowest BCUT2D eigenvalue weighted by molar-refractivity contribution is -0.113. The fourth-order valence-corrected chi connectivity index (χ4v) is 4.28. The number of amides is 1. The molecule has 0 saturated heterocycles. The van der Waals surface area contributed by atoms with E-state index in [1.165, 1.54) is 11.8 Å². The first-order valence-electron chi connectivity index (χ1n) is 7.12. The molecule has 0 bridgehead atoms. The molecular weight excluding hydrogens is 364 g/mol. The van der Waals surface area contributed by atoms with E-state index < -0.39 is 0 Å². The zero-order valence-corrected chi connectivity index (χ0v) is 14.7. The van der Waals surface area contributed by atoms with Gasteiger partial charge in [-0.25, -0.2) is 0 Å². The number of carbonyl (C=O) groups excluding carboxylic acids is 1. The number of nitrogens with zero attached hydrogens (tertiary/aromatic N) is 3. The topological polar surface area (TPSA) is 59.3 Å². The summed E-state index contributed by atoms with van der Waals surface area (Å²) in [4.78, 5) is 13.0. The van der Waals surface area contributed by atoms with E-state index in [1.807, 2.05) is 40.8 Å². The Morgan fingerprint density at radius 2 is 1.96 bits per heavy atom. The molecule has 24 heavy (non-hydrogen) atoms. The van der Waals surface area contributed by atoms with Gasteiger partial charge >= 0.3 is 0 Å². The third-order valence-corrected chi connectivity index (χ3v) is 5.66. The molecular formula is C16H11ClN4OS2. The van der Waals surface area contributed by atoms with Crippen LogP contribution in [0, 0.1) is 0 Å². The molecule has 0 fully saturated rings. The first-order valence-corrected chi connectivity index (χ1v) is 9.30. The number of hydrogen-bond acceptors (Lipinski definition) is 5. The average Bonchev–Trinajstić information content (AvgIpc) is 3.14. The van der Waals surface area contributed by atoms with Crippen LogP contribution >= 0.6 is 34.7 Å². The van der Waals surface area contributed by atoms with Gasteiger partial charge in [-0.15, -0.1) is 10.2 Å². The summed E-state index contributed by atoms with van der Waals surface area (Å²) in [5.41, 5.74) is 1.66. The van der Waals surface area contributed by atoms with Crippen LogP contribution in [0.3, 0.4) is 0 Å². The second kappa shape index (κ2) is 6.43. The second-order valence-corrected chi connectivity index (χ2v) is 7.35. The molecule has 120 valence electrons. The summed E-state index contributed by atoms with van der Waals surface area (Å²) in [6, 6.07) is 15.2. The summed E-state index contributed by atoms with van der Waals surface area (Å²) in [6.07, 6.45) is 0. The van der Waals surface area contributed by atoms with Crippen LogP contribution in [0.2, 0.25) is 5.02 Å². The number of benzene rings is 2. The largest absolute Gasteiger partial charge is 0.324 e. The number of fused-ring (bicyclic) bond motifs is 3. The van der Waals surface area contributed by atoms with Crippen molar-refractivity contribution in [2.45, 2.75) is 5.16 Å². The number of halogens is 1. The molecule has 0 atom stereocenters. The second-order valence-electron chi connectivity index (χ2n) is 4.99. The number of hydrogen-bond donors (Lipinski definition) is 1. The van der Waals surface area contributed by atoms with Gasteiger partial charge in [-0.2, -0.15) is 0 Å². The zero-order valence-electron chi connectivity index (χ0n) is 12.3. The molecule has 0 unspecified atom stereocenters. The van der Waals surface area contributed by atoms with Crippen molar-refractivity contribution in [3.8, 4) is 0 Å². The fourth-order valence-electron chi connectivity index (χ4n) is 2.33. The maximum Gasteiger partial charge on any atom is 0.234 e. The molecule has 2 heterocycles. The van der Waals surface area contributed by atoms with E-state index in [-0.39, 0.29) is 11.7 Å². The van der Waals surface area contributed by atoms with Crippen LogP contribution < -0.4 is 5.32 Å². The van der Waals surface area contributed by atoms with Crippen LogP contribution in [-0.4, -0.2) is 26.3 Å². The van der Waals surface area contributed by atoms with Gasteiger partial charge < -0.3 is 5.32 Å². The lowest BCUT2D eigenvalue weighted by Gasteiger charge is -2.06. The molecule has 5 nitrogen and oxygen atoms in total. The Kier molecular flexibility index (Phi) is 4.13. The Bertz CT molecular complexity index is 1040. The lowest BCUT2D eigenvalue weighted by Crippen LogP contribution is -2.14. The number of nitrogens with one attached hydrogen (secondary N) is 1. The highest BCUT2D eigenvalue weighted by Gasteiger charge is 2.14. The Morgan fingerprint density at radius 3 is 2.83 bits per heavy atom. The lowest BCUT2D eigenvalue weighted by atomic mass is 10.3. The minimum Gasteiger partial charge on any atom is -0.324 e. The van der Waals surface area contributed by atoms with Crippen molar-refractivity contribution in [2.75, 3.05) is 11.1 Å². The molecule has 1 N–H and O–H groups in total. The average molecular weight is 375 g/mol. The van der Waals surface area contributed by atoms with E-state index in [1.54, 1.807) is 23.5 Å². The Labute approximate surface area is 150 Å². The SMILES string of the molecule is O=C(CSc1nnc2sc3ccccc3n12)Nc1ccccc1Cl. The van der Waals surface area contributed by atoms with Crippen molar-refractivity contribution in [3.05, 3.63) is 53.6 Å². The quantitative estimate of drug-likeness (QED) is 0.540. The van der Waals surface area contributed by atoms with E-state index in [9.17, 15) is 4.79 Å². The van der Waals surface area contributed by atoms with Gasteiger partial charge in [0.1, 0.15) is 0 Å². The third kappa shape index (κ3) is 2.86. The molecule has 2 aromatic carbocycles. The molecule has 0 radical (unpaired) electrons. The maximum atomic E-state index is 12.2. The summed E-state index contributed by atoms with van der Waals surface area (Å²) in [6.45, 7) is 0. The van der Waals surface area contributed by atoms with Crippen molar-refractivity contribution in [1.29, 1.82) is 0 Å². The van der Waals surface area contributed by atoms with E-state index in [0.29, 0.717) is 15.9 Å². The molecule has 4 rings (SSSR count).